The van der Waals surface area contributed by atoms with Gasteiger partial charge in [-0.05, 0) is 38.0 Å². The minimum atomic E-state index is -0.470. The molecule has 0 bridgehead atoms. The van der Waals surface area contributed by atoms with Gasteiger partial charge in [0.25, 0.3) is 5.91 Å². The Morgan fingerprint density at radius 3 is 2.69 bits per heavy atom. The molecule has 2 heterocycles. The number of H-pyrrole nitrogens is 1. The summed E-state index contributed by atoms with van der Waals surface area (Å²) in [5.74, 6) is -0.643. The summed E-state index contributed by atoms with van der Waals surface area (Å²) in [6.07, 6.45) is 1.43. The third kappa shape index (κ3) is 2.69. The molecule has 1 atom stereocenters. The zero-order chi connectivity index (χ0) is 18.3. The van der Waals surface area contributed by atoms with Crippen LogP contribution in [0.25, 0.3) is 10.9 Å². The zero-order valence-corrected chi connectivity index (χ0v) is 14.5. The van der Waals surface area contributed by atoms with Crippen LogP contribution >= 0.6 is 0 Å². The van der Waals surface area contributed by atoms with E-state index in [9.17, 15) is 14.0 Å². The first kappa shape index (κ1) is 16.5. The van der Waals surface area contributed by atoms with Crippen molar-refractivity contribution < 1.29 is 14.0 Å². The number of carbonyl (C=O) groups is 2. The summed E-state index contributed by atoms with van der Waals surface area (Å²) >= 11 is 0. The summed E-state index contributed by atoms with van der Waals surface area (Å²) in [6, 6.07) is 12.9. The number of halogens is 1. The summed E-state index contributed by atoms with van der Waals surface area (Å²) in [6.45, 7) is 2.33. The van der Waals surface area contributed by atoms with Gasteiger partial charge < -0.3 is 9.88 Å². The summed E-state index contributed by atoms with van der Waals surface area (Å²) in [5.41, 5.74) is 2.47. The van der Waals surface area contributed by atoms with Gasteiger partial charge in [0.1, 0.15) is 5.82 Å². The highest BCUT2D eigenvalue weighted by Crippen LogP contribution is 2.29. The van der Waals surface area contributed by atoms with Gasteiger partial charge in [0.05, 0.1) is 11.6 Å². The van der Waals surface area contributed by atoms with Crippen molar-refractivity contribution in [3.63, 3.8) is 0 Å². The normalized spacial score (nSPS) is 17.0. The molecule has 1 fully saturated rings. The summed E-state index contributed by atoms with van der Waals surface area (Å²) in [7, 11) is 0. The molecule has 3 aromatic rings. The molecule has 0 aliphatic carbocycles. The highest BCUT2D eigenvalue weighted by Gasteiger charge is 2.36. The smallest absolute Gasteiger partial charge is 0.256 e. The average Bonchev–Trinajstić information content (AvgIpc) is 3.25. The molecule has 1 saturated heterocycles. The van der Waals surface area contributed by atoms with Crippen LogP contribution in [0.1, 0.15) is 39.3 Å². The topological polar surface area (TPSA) is 53.2 Å². The molecule has 4 rings (SSSR count). The average molecular weight is 350 g/mol. The lowest BCUT2D eigenvalue weighted by molar-refractivity contribution is 0.0672. The van der Waals surface area contributed by atoms with E-state index < -0.39 is 6.04 Å². The second-order valence-electron chi connectivity index (χ2n) is 6.70. The third-order valence-electron chi connectivity index (χ3n) is 5.04. The van der Waals surface area contributed by atoms with Gasteiger partial charge in [0.15, 0.2) is 5.78 Å². The van der Waals surface area contributed by atoms with Crippen molar-refractivity contribution in [2.45, 2.75) is 25.8 Å². The van der Waals surface area contributed by atoms with Crippen LogP contribution in [-0.4, -0.2) is 34.2 Å². The van der Waals surface area contributed by atoms with Crippen molar-refractivity contribution in [3.8, 4) is 0 Å². The number of rotatable bonds is 3. The van der Waals surface area contributed by atoms with E-state index in [0.29, 0.717) is 35.2 Å². The third-order valence-corrected chi connectivity index (χ3v) is 5.04. The molecule has 1 unspecified atom stereocenters. The summed E-state index contributed by atoms with van der Waals surface area (Å²) in [5, 5.41) is 0.560. The number of amides is 1. The molecule has 1 aliphatic rings. The van der Waals surface area contributed by atoms with E-state index in [2.05, 4.69) is 4.98 Å². The second kappa shape index (κ2) is 6.41. The molecular weight excluding hydrogens is 331 g/mol. The van der Waals surface area contributed by atoms with Crippen LogP contribution in [0.3, 0.4) is 0 Å². The highest BCUT2D eigenvalue weighted by molar-refractivity contribution is 6.10. The van der Waals surface area contributed by atoms with Crippen LogP contribution in [-0.2, 0) is 0 Å². The Morgan fingerprint density at radius 1 is 1.15 bits per heavy atom. The van der Waals surface area contributed by atoms with E-state index in [1.807, 2.05) is 18.2 Å². The number of nitrogens with one attached hydrogen (secondary N) is 1. The predicted octanol–water partition coefficient (Wildman–Crippen LogP) is 4.10. The Morgan fingerprint density at radius 2 is 1.92 bits per heavy atom. The van der Waals surface area contributed by atoms with Crippen LogP contribution in [0.5, 0.6) is 0 Å². The second-order valence-corrected chi connectivity index (χ2v) is 6.70. The van der Waals surface area contributed by atoms with E-state index in [0.717, 1.165) is 11.9 Å². The lowest BCUT2D eigenvalue weighted by atomic mass is 10.0. The number of hydrogen-bond donors (Lipinski definition) is 1. The minimum absolute atomic E-state index is 0.0416. The van der Waals surface area contributed by atoms with E-state index in [4.69, 9.17) is 0 Å². The molecule has 1 aromatic heterocycles. The molecule has 0 spiro atoms. The number of carbonyl (C=O) groups excluding carboxylic acids is 2. The first-order valence-electron chi connectivity index (χ1n) is 8.74. The van der Waals surface area contributed by atoms with Crippen LogP contribution in [0.4, 0.5) is 4.39 Å². The van der Waals surface area contributed by atoms with Crippen molar-refractivity contribution >= 4 is 22.6 Å². The Labute approximate surface area is 150 Å². The summed E-state index contributed by atoms with van der Waals surface area (Å²) in [4.78, 5) is 30.9. The summed E-state index contributed by atoms with van der Waals surface area (Å²) < 4.78 is 13.7. The first-order valence-corrected chi connectivity index (χ1v) is 8.74. The zero-order valence-electron chi connectivity index (χ0n) is 14.5. The SMILES string of the molecule is Cc1[nH]c2ccc(F)cc2c1C(=O)N1CCCC1C(=O)c1ccccc1. The Hall–Kier alpha value is -2.95. The molecule has 1 amide bonds. The number of aromatic amines is 1. The van der Waals surface area contributed by atoms with Crippen molar-refractivity contribution in [1.82, 2.24) is 9.88 Å². The number of ketones is 1. The Balaban J connectivity index is 1.71. The predicted molar refractivity (Wildman–Crippen MR) is 97.8 cm³/mol. The molecule has 132 valence electrons. The van der Waals surface area contributed by atoms with Crippen molar-refractivity contribution in [2.75, 3.05) is 6.54 Å². The maximum Gasteiger partial charge on any atom is 0.256 e. The number of Topliss-reactive ketones (excluding diaryl/α,β-unsaturated/α-hetero) is 1. The molecule has 0 saturated carbocycles. The van der Waals surface area contributed by atoms with Gasteiger partial charge in [0, 0.05) is 28.7 Å². The number of nitrogens with zero attached hydrogens (tertiary/aromatic N) is 1. The van der Waals surface area contributed by atoms with Gasteiger partial charge in [0.2, 0.25) is 0 Å². The molecule has 4 nitrogen and oxygen atoms in total. The fourth-order valence-corrected chi connectivity index (χ4v) is 3.80. The number of aryl methyl sites for hydroxylation is 1. The van der Waals surface area contributed by atoms with Gasteiger partial charge in [-0.2, -0.15) is 0 Å². The molecule has 0 radical (unpaired) electrons. The molecule has 5 heteroatoms. The number of aromatic nitrogens is 1. The van der Waals surface area contributed by atoms with Crippen LogP contribution in [0, 0.1) is 12.7 Å². The lowest BCUT2D eigenvalue weighted by Crippen LogP contribution is -2.40. The number of hydrogen-bond acceptors (Lipinski definition) is 2. The highest BCUT2D eigenvalue weighted by atomic mass is 19.1. The fraction of sp³-hybridized carbons (Fsp3) is 0.238. The van der Waals surface area contributed by atoms with Gasteiger partial charge in [-0.25, -0.2) is 4.39 Å². The molecule has 2 aromatic carbocycles. The molecule has 1 N–H and O–H groups in total. The molecular formula is C21H19FN2O2. The van der Waals surface area contributed by atoms with Crippen LogP contribution in [0.15, 0.2) is 48.5 Å². The van der Waals surface area contributed by atoms with Gasteiger partial charge >= 0.3 is 0 Å². The van der Waals surface area contributed by atoms with E-state index in [-0.39, 0.29) is 17.5 Å². The Bertz CT molecular complexity index is 994. The van der Waals surface area contributed by atoms with Gasteiger partial charge in [-0.3, -0.25) is 9.59 Å². The van der Waals surface area contributed by atoms with Crippen molar-refractivity contribution in [2.24, 2.45) is 0 Å². The number of fused-ring (bicyclic) bond motifs is 1. The minimum Gasteiger partial charge on any atom is -0.358 e. The van der Waals surface area contributed by atoms with Gasteiger partial charge in [-0.15, -0.1) is 0 Å². The van der Waals surface area contributed by atoms with Crippen LogP contribution < -0.4 is 0 Å². The van der Waals surface area contributed by atoms with Crippen molar-refractivity contribution in [3.05, 3.63) is 71.2 Å². The standard InChI is InChI=1S/C21H19FN2O2/c1-13-19(16-12-15(22)9-10-17(16)23-13)21(26)24-11-5-8-18(24)20(25)14-6-3-2-4-7-14/h2-4,6-7,9-10,12,18,23H,5,8,11H2,1H3. The largest absolute Gasteiger partial charge is 0.358 e. The van der Waals surface area contributed by atoms with Gasteiger partial charge in [-0.1, -0.05) is 30.3 Å². The monoisotopic (exact) mass is 350 g/mol. The number of likely N-dealkylation sites (tertiary alicyclic amines) is 1. The maximum atomic E-state index is 13.7. The lowest BCUT2D eigenvalue weighted by Gasteiger charge is -2.24. The fourth-order valence-electron chi connectivity index (χ4n) is 3.80. The van der Waals surface area contributed by atoms with E-state index in [1.165, 1.54) is 12.1 Å². The van der Waals surface area contributed by atoms with E-state index in [1.54, 1.807) is 30.0 Å². The Kier molecular flexibility index (Phi) is 4.07. The first-order chi connectivity index (χ1) is 12.6. The van der Waals surface area contributed by atoms with Crippen molar-refractivity contribution in [1.29, 1.82) is 0 Å². The quantitative estimate of drug-likeness (QED) is 0.723. The van der Waals surface area contributed by atoms with Crippen LogP contribution in [0.2, 0.25) is 0 Å². The molecule has 26 heavy (non-hydrogen) atoms. The molecule has 1 aliphatic heterocycles. The number of benzene rings is 2. The maximum absolute atomic E-state index is 13.7. The van der Waals surface area contributed by atoms with E-state index >= 15 is 0 Å².